The Labute approximate surface area is 129 Å². The van der Waals surface area contributed by atoms with Crippen LogP contribution in [0, 0.1) is 0 Å². The average molecular weight is 290 g/mol. The maximum absolute atomic E-state index is 5.25. The Bertz CT molecular complexity index is 431. The van der Waals surface area contributed by atoms with Gasteiger partial charge in [0.2, 0.25) is 0 Å². The number of ether oxygens (including phenoxy) is 1. The zero-order valence-corrected chi connectivity index (χ0v) is 14.0. The van der Waals surface area contributed by atoms with Crippen molar-refractivity contribution in [2.75, 3.05) is 20.2 Å². The lowest BCUT2D eigenvalue weighted by Crippen LogP contribution is -2.62. The van der Waals surface area contributed by atoms with Crippen molar-refractivity contribution >= 4 is 0 Å². The lowest BCUT2D eigenvalue weighted by Gasteiger charge is -2.46. The van der Waals surface area contributed by atoms with E-state index in [1.54, 1.807) is 7.11 Å². The van der Waals surface area contributed by atoms with E-state index in [-0.39, 0.29) is 5.54 Å². The third-order valence-electron chi connectivity index (χ3n) is 4.78. The molecule has 0 spiro atoms. The van der Waals surface area contributed by atoms with Crippen molar-refractivity contribution in [3.63, 3.8) is 0 Å². The molecule has 0 aromatic heterocycles. The van der Waals surface area contributed by atoms with Gasteiger partial charge in [-0.1, -0.05) is 32.4 Å². The van der Waals surface area contributed by atoms with Gasteiger partial charge in [0, 0.05) is 31.2 Å². The van der Waals surface area contributed by atoms with Crippen molar-refractivity contribution in [1.82, 2.24) is 10.2 Å². The molecule has 3 nitrogen and oxygen atoms in total. The molecule has 118 valence electrons. The summed E-state index contributed by atoms with van der Waals surface area (Å²) in [4.78, 5) is 2.66. The molecule has 0 radical (unpaired) electrons. The zero-order valence-electron chi connectivity index (χ0n) is 14.0. The van der Waals surface area contributed by atoms with E-state index in [1.807, 2.05) is 0 Å². The van der Waals surface area contributed by atoms with Crippen molar-refractivity contribution in [1.29, 1.82) is 0 Å². The molecular formula is C18H30N2O. The minimum absolute atomic E-state index is 0.247. The van der Waals surface area contributed by atoms with Crippen LogP contribution in [0.25, 0.3) is 0 Å². The van der Waals surface area contributed by atoms with Crippen LogP contribution in [0.3, 0.4) is 0 Å². The lowest BCUT2D eigenvalue weighted by atomic mass is 9.92. The molecule has 1 aromatic carbocycles. The summed E-state index contributed by atoms with van der Waals surface area (Å²) >= 11 is 0. The molecule has 2 rings (SSSR count). The average Bonchev–Trinajstić information content (AvgIpc) is 2.51. The molecule has 21 heavy (non-hydrogen) atoms. The zero-order chi connectivity index (χ0) is 15.3. The van der Waals surface area contributed by atoms with E-state index in [2.05, 4.69) is 55.3 Å². The number of piperazine rings is 1. The van der Waals surface area contributed by atoms with Crippen LogP contribution >= 0.6 is 0 Å². The first-order valence-corrected chi connectivity index (χ1v) is 8.22. The molecule has 0 amide bonds. The fourth-order valence-corrected chi connectivity index (χ4v) is 3.13. The van der Waals surface area contributed by atoms with Gasteiger partial charge in [-0.25, -0.2) is 0 Å². The Morgan fingerprint density at radius 2 is 2.00 bits per heavy atom. The predicted molar refractivity (Wildman–Crippen MR) is 88.8 cm³/mol. The first-order chi connectivity index (χ1) is 10.1. The summed E-state index contributed by atoms with van der Waals surface area (Å²) in [7, 11) is 1.72. The summed E-state index contributed by atoms with van der Waals surface area (Å²) in [6.45, 7) is 10.2. The minimum Gasteiger partial charge on any atom is -0.497 e. The van der Waals surface area contributed by atoms with Crippen LogP contribution in [0.4, 0.5) is 0 Å². The van der Waals surface area contributed by atoms with E-state index >= 15 is 0 Å². The fourth-order valence-electron chi connectivity index (χ4n) is 3.13. The third kappa shape index (κ3) is 4.21. The molecule has 1 N–H and O–H groups in total. The highest BCUT2D eigenvalue weighted by molar-refractivity contribution is 5.27. The number of methoxy groups -OCH3 is 1. The summed E-state index contributed by atoms with van der Waals surface area (Å²) < 4.78 is 5.25. The standard InChI is InChI=1S/C18H30N2O/c1-5-7-16-12-19-18(3,6-2)14-20(16)13-15-8-10-17(21-4)11-9-15/h8-11,16,19H,5-7,12-14H2,1-4H3. The number of hydrogen-bond donors (Lipinski definition) is 1. The number of hydrogen-bond acceptors (Lipinski definition) is 3. The summed E-state index contributed by atoms with van der Waals surface area (Å²) in [6, 6.07) is 9.15. The first kappa shape index (κ1) is 16.3. The van der Waals surface area contributed by atoms with Crippen molar-refractivity contribution in [3.8, 4) is 5.75 Å². The molecule has 1 aliphatic heterocycles. The van der Waals surface area contributed by atoms with Gasteiger partial charge in [0.25, 0.3) is 0 Å². The van der Waals surface area contributed by atoms with Gasteiger partial charge in [0.05, 0.1) is 7.11 Å². The Balaban J connectivity index is 2.07. The summed E-state index contributed by atoms with van der Waals surface area (Å²) in [5.41, 5.74) is 1.62. The smallest absolute Gasteiger partial charge is 0.118 e. The molecular weight excluding hydrogens is 260 g/mol. The summed E-state index contributed by atoms with van der Waals surface area (Å²) in [5.74, 6) is 0.933. The van der Waals surface area contributed by atoms with Crippen LogP contribution in [-0.2, 0) is 6.54 Å². The summed E-state index contributed by atoms with van der Waals surface area (Å²) in [6.07, 6.45) is 3.68. The van der Waals surface area contributed by atoms with Gasteiger partial charge in [-0.15, -0.1) is 0 Å². The van der Waals surface area contributed by atoms with Gasteiger partial charge in [-0.05, 0) is 37.5 Å². The van der Waals surface area contributed by atoms with Gasteiger partial charge in [0.1, 0.15) is 5.75 Å². The Morgan fingerprint density at radius 1 is 1.29 bits per heavy atom. The molecule has 0 aliphatic carbocycles. The van der Waals surface area contributed by atoms with Crippen LogP contribution in [0.2, 0.25) is 0 Å². The third-order valence-corrected chi connectivity index (χ3v) is 4.78. The van der Waals surface area contributed by atoms with E-state index in [0.717, 1.165) is 25.4 Å². The van der Waals surface area contributed by atoms with E-state index in [1.165, 1.54) is 24.8 Å². The number of benzene rings is 1. The molecule has 2 atom stereocenters. The van der Waals surface area contributed by atoms with Crippen molar-refractivity contribution in [2.24, 2.45) is 0 Å². The second-order valence-corrected chi connectivity index (χ2v) is 6.49. The van der Waals surface area contributed by atoms with Gasteiger partial charge in [-0.2, -0.15) is 0 Å². The molecule has 1 fully saturated rings. The predicted octanol–water partition coefficient (Wildman–Crippen LogP) is 3.44. The van der Waals surface area contributed by atoms with E-state index in [0.29, 0.717) is 6.04 Å². The molecule has 1 aromatic rings. The van der Waals surface area contributed by atoms with Gasteiger partial charge in [-0.3, -0.25) is 4.90 Å². The highest BCUT2D eigenvalue weighted by Gasteiger charge is 2.33. The van der Waals surface area contributed by atoms with Gasteiger partial charge < -0.3 is 10.1 Å². The minimum atomic E-state index is 0.247. The maximum atomic E-state index is 5.25. The molecule has 0 bridgehead atoms. The fraction of sp³-hybridized carbons (Fsp3) is 0.667. The van der Waals surface area contributed by atoms with Crippen LogP contribution in [0.5, 0.6) is 5.75 Å². The van der Waals surface area contributed by atoms with Crippen LogP contribution < -0.4 is 10.1 Å². The molecule has 1 heterocycles. The largest absolute Gasteiger partial charge is 0.497 e. The second kappa shape index (κ2) is 7.28. The van der Waals surface area contributed by atoms with Gasteiger partial charge >= 0.3 is 0 Å². The quantitative estimate of drug-likeness (QED) is 0.868. The van der Waals surface area contributed by atoms with E-state index in [4.69, 9.17) is 4.74 Å². The highest BCUT2D eigenvalue weighted by Crippen LogP contribution is 2.23. The monoisotopic (exact) mass is 290 g/mol. The maximum Gasteiger partial charge on any atom is 0.118 e. The summed E-state index contributed by atoms with van der Waals surface area (Å²) in [5, 5.41) is 3.75. The molecule has 1 aliphatic rings. The van der Waals surface area contributed by atoms with E-state index in [9.17, 15) is 0 Å². The number of rotatable bonds is 6. The van der Waals surface area contributed by atoms with Crippen LogP contribution in [-0.4, -0.2) is 36.7 Å². The Kier molecular flexibility index (Phi) is 5.65. The molecule has 2 unspecified atom stereocenters. The molecule has 1 saturated heterocycles. The van der Waals surface area contributed by atoms with E-state index < -0.39 is 0 Å². The number of nitrogens with one attached hydrogen (secondary N) is 1. The van der Waals surface area contributed by atoms with Crippen molar-refractivity contribution in [2.45, 2.75) is 58.2 Å². The Hall–Kier alpha value is -1.06. The normalized spacial score (nSPS) is 26.8. The lowest BCUT2D eigenvalue weighted by molar-refractivity contribution is 0.0725. The van der Waals surface area contributed by atoms with Crippen LogP contribution in [0.1, 0.15) is 45.6 Å². The van der Waals surface area contributed by atoms with Crippen molar-refractivity contribution in [3.05, 3.63) is 29.8 Å². The van der Waals surface area contributed by atoms with Gasteiger partial charge in [0.15, 0.2) is 0 Å². The Morgan fingerprint density at radius 3 is 2.57 bits per heavy atom. The SMILES string of the molecule is CCCC1CNC(C)(CC)CN1Cc1ccc(OC)cc1. The van der Waals surface area contributed by atoms with Crippen LogP contribution in [0.15, 0.2) is 24.3 Å². The number of nitrogens with zero attached hydrogens (tertiary/aromatic N) is 1. The first-order valence-electron chi connectivity index (χ1n) is 8.22. The van der Waals surface area contributed by atoms with Crippen molar-refractivity contribution < 1.29 is 4.74 Å². The molecule has 0 saturated carbocycles. The topological polar surface area (TPSA) is 24.5 Å². The second-order valence-electron chi connectivity index (χ2n) is 6.49. The highest BCUT2D eigenvalue weighted by atomic mass is 16.5. The molecule has 3 heteroatoms.